The van der Waals surface area contributed by atoms with E-state index in [9.17, 15) is 9.90 Å². The molecule has 0 aliphatic heterocycles. The Morgan fingerprint density at radius 1 is 1.15 bits per heavy atom. The van der Waals surface area contributed by atoms with E-state index in [0.717, 1.165) is 12.0 Å². The van der Waals surface area contributed by atoms with Gasteiger partial charge < -0.3 is 14.8 Å². The number of carbonyl (C=O) groups excluding carboxylic acids is 1. The van der Waals surface area contributed by atoms with E-state index in [-0.39, 0.29) is 27.3 Å². The van der Waals surface area contributed by atoms with Gasteiger partial charge in [0.15, 0.2) is 10.7 Å². The lowest BCUT2D eigenvalue weighted by molar-refractivity contribution is 0.0978. The third kappa shape index (κ3) is 4.95. The molecular formula is C24H19Cl2N3O3S. The normalized spacial score (nSPS) is 10.9. The molecule has 33 heavy (non-hydrogen) atoms. The number of fused-ring (bicyclic) bond motifs is 1. The Kier molecular flexibility index (Phi) is 6.56. The van der Waals surface area contributed by atoms with Crippen LogP contribution in [0.5, 0.6) is 5.75 Å². The average Bonchev–Trinajstić information content (AvgIpc) is 3.18. The van der Waals surface area contributed by atoms with E-state index in [1.54, 1.807) is 25.1 Å². The fourth-order valence-electron chi connectivity index (χ4n) is 3.33. The minimum atomic E-state index is -0.476. The summed E-state index contributed by atoms with van der Waals surface area (Å²) in [5.74, 6) is -0.147. The van der Waals surface area contributed by atoms with Crippen LogP contribution in [0.25, 0.3) is 22.6 Å². The van der Waals surface area contributed by atoms with E-state index in [1.165, 1.54) is 12.1 Å². The van der Waals surface area contributed by atoms with Crippen molar-refractivity contribution in [1.29, 1.82) is 0 Å². The Labute approximate surface area is 205 Å². The van der Waals surface area contributed by atoms with Gasteiger partial charge in [0.1, 0.15) is 11.3 Å². The monoisotopic (exact) mass is 499 g/mol. The Morgan fingerprint density at radius 3 is 2.67 bits per heavy atom. The molecule has 9 heteroatoms. The number of benzene rings is 3. The number of aryl methyl sites for hydroxylation is 2. The molecule has 0 saturated heterocycles. The van der Waals surface area contributed by atoms with Crippen molar-refractivity contribution in [2.45, 2.75) is 20.3 Å². The highest BCUT2D eigenvalue weighted by Crippen LogP contribution is 2.36. The second-order valence-corrected chi connectivity index (χ2v) is 8.65. The van der Waals surface area contributed by atoms with Crippen molar-refractivity contribution in [1.82, 2.24) is 10.3 Å². The SMILES string of the molecule is CCc1ccc2oc(-c3cc(NC(=S)NC(=O)c4ccc(Cl)cc4Cl)cc(C)c3O)nc2c1. The lowest BCUT2D eigenvalue weighted by Crippen LogP contribution is -2.34. The largest absolute Gasteiger partial charge is 0.507 e. The van der Waals surface area contributed by atoms with Crippen LogP contribution in [0, 0.1) is 6.92 Å². The molecule has 1 heterocycles. The first-order chi connectivity index (χ1) is 15.7. The Balaban J connectivity index is 1.58. The predicted molar refractivity (Wildman–Crippen MR) is 135 cm³/mol. The van der Waals surface area contributed by atoms with Gasteiger partial charge >= 0.3 is 0 Å². The molecule has 0 aliphatic carbocycles. The molecule has 0 aliphatic rings. The summed E-state index contributed by atoms with van der Waals surface area (Å²) < 4.78 is 5.87. The second-order valence-electron chi connectivity index (χ2n) is 7.40. The fourth-order valence-corrected chi connectivity index (χ4v) is 4.03. The number of carbonyl (C=O) groups is 1. The molecule has 4 rings (SSSR count). The smallest absolute Gasteiger partial charge is 0.258 e. The molecule has 0 atom stereocenters. The van der Waals surface area contributed by atoms with Gasteiger partial charge in [0.05, 0.1) is 16.1 Å². The lowest BCUT2D eigenvalue weighted by atomic mass is 10.1. The van der Waals surface area contributed by atoms with Crippen molar-refractivity contribution in [3.8, 4) is 17.2 Å². The summed E-state index contributed by atoms with van der Waals surface area (Å²) in [7, 11) is 0. The molecule has 1 amide bonds. The molecule has 4 aromatic rings. The fraction of sp³-hybridized carbons (Fsp3) is 0.125. The summed E-state index contributed by atoms with van der Waals surface area (Å²) in [5.41, 5.74) is 4.25. The van der Waals surface area contributed by atoms with Crippen LogP contribution in [0.15, 0.2) is 52.9 Å². The van der Waals surface area contributed by atoms with Gasteiger partial charge in [-0.1, -0.05) is 36.2 Å². The molecule has 6 nitrogen and oxygen atoms in total. The van der Waals surface area contributed by atoms with Crippen LogP contribution < -0.4 is 10.6 Å². The minimum Gasteiger partial charge on any atom is -0.507 e. The zero-order chi connectivity index (χ0) is 23.7. The maximum absolute atomic E-state index is 12.5. The van der Waals surface area contributed by atoms with Gasteiger partial charge in [-0.3, -0.25) is 10.1 Å². The maximum atomic E-state index is 12.5. The zero-order valence-electron chi connectivity index (χ0n) is 17.7. The Bertz CT molecular complexity index is 1400. The van der Waals surface area contributed by atoms with Gasteiger partial charge in [-0.25, -0.2) is 4.98 Å². The number of nitrogens with one attached hydrogen (secondary N) is 2. The van der Waals surface area contributed by atoms with E-state index in [4.69, 9.17) is 39.8 Å². The molecule has 0 saturated carbocycles. The summed E-state index contributed by atoms with van der Waals surface area (Å²) >= 11 is 17.3. The summed E-state index contributed by atoms with van der Waals surface area (Å²) in [5, 5.41) is 16.9. The van der Waals surface area contributed by atoms with Crippen molar-refractivity contribution in [3.05, 3.63) is 75.3 Å². The summed E-state index contributed by atoms with van der Waals surface area (Å²) in [6.45, 7) is 3.81. The Hall–Kier alpha value is -3.13. The number of hydrogen-bond donors (Lipinski definition) is 3. The first-order valence-corrected chi connectivity index (χ1v) is 11.2. The third-order valence-corrected chi connectivity index (χ3v) is 5.80. The van der Waals surface area contributed by atoms with Crippen molar-refractivity contribution >= 4 is 63.2 Å². The predicted octanol–water partition coefficient (Wildman–Crippen LogP) is 6.50. The van der Waals surface area contributed by atoms with Crippen LogP contribution in [0.2, 0.25) is 10.0 Å². The molecule has 0 fully saturated rings. The number of halogens is 2. The van der Waals surface area contributed by atoms with Crippen molar-refractivity contribution < 1.29 is 14.3 Å². The van der Waals surface area contributed by atoms with Gasteiger partial charge in [-0.15, -0.1) is 0 Å². The number of oxazole rings is 1. The van der Waals surface area contributed by atoms with E-state index < -0.39 is 5.91 Å². The van der Waals surface area contributed by atoms with E-state index in [0.29, 0.717) is 32.9 Å². The molecule has 0 radical (unpaired) electrons. The lowest BCUT2D eigenvalue weighted by Gasteiger charge is -2.13. The van der Waals surface area contributed by atoms with Crippen LogP contribution in [0.1, 0.15) is 28.4 Å². The number of aromatic nitrogens is 1. The molecule has 3 N–H and O–H groups in total. The van der Waals surface area contributed by atoms with E-state index >= 15 is 0 Å². The van der Waals surface area contributed by atoms with Crippen LogP contribution in [0.4, 0.5) is 5.69 Å². The first-order valence-electron chi connectivity index (χ1n) is 10.1. The van der Waals surface area contributed by atoms with E-state index in [2.05, 4.69) is 22.5 Å². The highest BCUT2D eigenvalue weighted by Gasteiger charge is 2.17. The van der Waals surface area contributed by atoms with Gasteiger partial charge in [0, 0.05) is 10.7 Å². The molecular weight excluding hydrogens is 481 g/mol. The number of amides is 1. The quantitative estimate of drug-likeness (QED) is 0.219. The van der Waals surface area contributed by atoms with Gasteiger partial charge in [-0.05, 0) is 79.2 Å². The second kappa shape index (κ2) is 9.39. The first kappa shape index (κ1) is 23.0. The highest BCUT2D eigenvalue weighted by atomic mass is 35.5. The number of rotatable bonds is 4. The Morgan fingerprint density at radius 2 is 1.94 bits per heavy atom. The average molecular weight is 500 g/mol. The van der Waals surface area contributed by atoms with Crippen LogP contribution in [-0.2, 0) is 6.42 Å². The van der Waals surface area contributed by atoms with Crippen molar-refractivity contribution in [2.24, 2.45) is 0 Å². The molecule has 0 unspecified atom stereocenters. The molecule has 1 aromatic heterocycles. The number of nitrogens with zero attached hydrogens (tertiary/aromatic N) is 1. The molecule has 0 spiro atoms. The standard InChI is InChI=1S/C24H19Cl2N3O3S/c1-3-13-4-7-20-19(9-13)28-23(32-20)17-11-15(8-12(2)21(17)30)27-24(33)29-22(31)16-6-5-14(25)10-18(16)26/h4-11,30H,3H2,1-2H3,(H2,27,29,31,33). The molecule has 0 bridgehead atoms. The van der Waals surface area contributed by atoms with Crippen LogP contribution in [-0.4, -0.2) is 21.1 Å². The van der Waals surface area contributed by atoms with Gasteiger partial charge in [0.25, 0.3) is 5.91 Å². The maximum Gasteiger partial charge on any atom is 0.258 e. The van der Waals surface area contributed by atoms with Crippen molar-refractivity contribution in [3.63, 3.8) is 0 Å². The van der Waals surface area contributed by atoms with Gasteiger partial charge in [0.2, 0.25) is 5.89 Å². The number of aromatic hydroxyl groups is 1. The minimum absolute atomic E-state index is 0.0470. The third-order valence-electron chi connectivity index (χ3n) is 5.05. The summed E-state index contributed by atoms with van der Waals surface area (Å²) in [6.07, 6.45) is 0.881. The number of anilines is 1. The number of hydrogen-bond acceptors (Lipinski definition) is 5. The number of phenolic OH excluding ortho intramolecular Hbond substituents is 1. The van der Waals surface area contributed by atoms with Crippen LogP contribution >= 0.6 is 35.4 Å². The van der Waals surface area contributed by atoms with Gasteiger partial charge in [-0.2, -0.15) is 0 Å². The zero-order valence-corrected chi connectivity index (χ0v) is 20.0. The van der Waals surface area contributed by atoms with Crippen LogP contribution in [0.3, 0.4) is 0 Å². The summed E-state index contributed by atoms with van der Waals surface area (Å²) in [4.78, 5) is 17.0. The number of phenols is 1. The summed E-state index contributed by atoms with van der Waals surface area (Å²) in [6, 6.07) is 13.7. The van der Waals surface area contributed by atoms with Crippen molar-refractivity contribution in [2.75, 3.05) is 5.32 Å². The number of thiocarbonyl (C=S) groups is 1. The van der Waals surface area contributed by atoms with E-state index in [1.807, 2.05) is 18.2 Å². The molecule has 168 valence electrons. The topological polar surface area (TPSA) is 87.4 Å². The highest BCUT2D eigenvalue weighted by molar-refractivity contribution is 7.80. The molecule has 3 aromatic carbocycles.